The van der Waals surface area contributed by atoms with E-state index in [1.807, 2.05) is 12.1 Å². The summed E-state index contributed by atoms with van der Waals surface area (Å²) in [7, 11) is 0. The lowest BCUT2D eigenvalue weighted by molar-refractivity contribution is -0.118. The first kappa shape index (κ1) is 19.0. The highest BCUT2D eigenvalue weighted by atomic mass is 35.5. The number of carbonyl (C=O) groups is 1. The van der Waals surface area contributed by atoms with E-state index < -0.39 is 6.10 Å². The number of rotatable bonds is 5. The predicted octanol–water partition coefficient (Wildman–Crippen LogP) is 4.96. The minimum Gasteiger partial charge on any atom is -0.388 e. The van der Waals surface area contributed by atoms with E-state index in [1.165, 1.54) is 6.42 Å². The predicted molar refractivity (Wildman–Crippen MR) is 112 cm³/mol. The summed E-state index contributed by atoms with van der Waals surface area (Å²) in [4.78, 5) is 17.3. The number of nitrogens with one attached hydrogen (secondary N) is 1. The van der Waals surface area contributed by atoms with Crippen LogP contribution >= 0.6 is 11.6 Å². The van der Waals surface area contributed by atoms with E-state index in [-0.39, 0.29) is 17.9 Å². The molecule has 5 nitrogen and oxygen atoms in total. The lowest BCUT2D eigenvalue weighted by atomic mass is 9.78. The van der Waals surface area contributed by atoms with E-state index in [4.69, 9.17) is 11.6 Å². The summed E-state index contributed by atoms with van der Waals surface area (Å²) >= 11 is 5.89. The highest BCUT2D eigenvalue weighted by Crippen LogP contribution is 2.43. The molecule has 0 aliphatic heterocycles. The van der Waals surface area contributed by atoms with E-state index in [0.29, 0.717) is 16.5 Å². The third kappa shape index (κ3) is 3.52. The minimum absolute atomic E-state index is 0.0411. The van der Waals surface area contributed by atoms with Gasteiger partial charge in [0.15, 0.2) is 0 Å². The zero-order chi connectivity index (χ0) is 19.9. The summed E-state index contributed by atoms with van der Waals surface area (Å²) in [5.74, 6) is 0.287. The van der Waals surface area contributed by atoms with Gasteiger partial charge in [0.2, 0.25) is 11.9 Å². The number of aliphatic hydroxyl groups excluding tert-OH is 1. The largest absolute Gasteiger partial charge is 0.388 e. The Morgan fingerprint density at radius 3 is 2.64 bits per heavy atom. The molecule has 3 aromatic rings. The van der Waals surface area contributed by atoms with Gasteiger partial charge in [-0.2, -0.15) is 0 Å². The Morgan fingerprint density at radius 2 is 2.00 bits per heavy atom. The van der Waals surface area contributed by atoms with Crippen molar-refractivity contribution < 1.29 is 9.90 Å². The molecule has 1 aliphatic rings. The molecule has 1 aromatic heterocycles. The maximum Gasteiger partial charge on any atom is 0.229 e. The van der Waals surface area contributed by atoms with E-state index in [1.54, 1.807) is 24.3 Å². The number of aryl methyl sites for hydroxylation is 1. The van der Waals surface area contributed by atoms with Crippen LogP contribution in [0.25, 0.3) is 11.0 Å². The van der Waals surface area contributed by atoms with Gasteiger partial charge in [-0.05, 0) is 68.5 Å². The number of hydrogen-bond donors (Lipinski definition) is 2. The van der Waals surface area contributed by atoms with Gasteiger partial charge in [0, 0.05) is 10.6 Å². The van der Waals surface area contributed by atoms with Gasteiger partial charge in [0.25, 0.3) is 0 Å². The van der Waals surface area contributed by atoms with Crippen LogP contribution in [0.3, 0.4) is 0 Å². The maximum atomic E-state index is 12.6. The Kier molecular flexibility index (Phi) is 4.89. The second-order valence-corrected chi connectivity index (χ2v) is 8.37. The molecule has 1 aliphatic carbocycles. The van der Waals surface area contributed by atoms with Crippen LogP contribution in [0.5, 0.6) is 0 Å². The van der Waals surface area contributed by atoms with E-state index >= 15 is 0 Å². The summed E-state index contributed by atoms with van der Waals surface area (Å²) in [6, 6.07) is 13.0. The molecule has 2 aromatic carbocycles. The van der Waals surface area contributed by atoms with Crippen molar-refractivity contribution in [2.75, 3.05) is 5.32 Å². The number of nitrogens with zero attached hydrogens (tertiary/aromatic N) is 2. The molecule has 0 radical (unpaired) electrons. The molecule has 4 rings (SSSR count). The molecule has 1 amide bonds. The lowest BCUT2D eigenvalue weighted by Gasteiger charge is -2.41. The molecule has 0 unspecified atom stereocenters. The van der Waals surface area contributed by atoms with Crippen LogP contribution in [0.2, 0.25) is 5.02 Å². The van der Waals surface area contributed by atoms with E-state index in [2.05, 4.69) is 34.8 Å². The number of amides is 1. The molecule has 0 spiro atoms. The Morgan fingerprint density at radius 1 is 1.29 bits per heavy atom. The van der Waals surface area contributed by atoms with Gasteiger partial charge in [-0.15, -0.1) is 0 Å². The Balaban J connectivity index is 1.59. The molecular weight excluding hydrogens is 374 g/mol. The van der Waals surface area contributed by atoms with Crippen molar-refractivity contribution >= 4 is 34.5 Å². The normalized spacial score (nSPS) is 16.6. The standard InChI is InChI=1S/C22H24ClN3O2/c1-14-4-9-17-18(12-14)26(22(2)10-3-11-22)21(24-17)25-20(28)13-19(27)15-5-7-16(23)8-6-15/h4-9,12,19,27H,3,10-11,13H2,1-2H3,(H,24,25,28)/t19-/m0/s1. The molecule has 0 bridgehead atoms. The first-order chi connectivity index (χ1) is 13.4. The van der Waals surface area contributed by atoms with Crippen LogP contribution in [0.1, 0.15) is 49.8 Å². The number of carbonyl (C=O) groups excluding carboxylic acids is 1. The Bertz CT molecular complexity index is 1020. The van der Waals surface area contributed by atoms with Crippen LogP contribution in [0.4, 0.5) is 5.95 Å². The summed E-state index contributed by atoms with van der Waals surface area (Å²) in [6.45, 7) is 4.26. The molecule has 2 N–H and O–H groups in total. The third-order valence-electron chi connectivity index (χ3n) is 5.67. The molecule has 146 valence electrons. The van der Waals surface area contributed by atoms with Gasteiger partial charge in [0.05, 0.1) is 23.6 Å². The monoisotopic (exact) mass is 397 g/mol. The zero-order valence-corrected chi connectivity index (χ0v) is 16.8. The fourth-order valence-corrected chi connectivity index (χ4v) is 4.01. The van der Waals surface area contributed by atoms with Crippen LogP contribution in [-0.4, -0.2) is 20.6 Å². The smallest absolute Gasteiger partial charge is 0.229 e. The van der Waals surface area contributed by atoms with Gasteiger partial charge < -0.3 is 9.67 Å². The van der Waals surface area contributed by atoms with Crippen molar-refractivity contribution in [3.8, 4) is 0 Å². The molecule has 1 heterocycles. The third-order valence-corrected chi connectivity index (χ3v) is 5.92. The molecule has 0 saturated heterocycles. The number of fused-ring (bicyclic) bond motifs is 1. The first-order valence-corrected chi connectivity index (χ1v) is 9.96. The van der Waals surface area contributed by atoms with Crippen molar-refractivity contribution in [3.63, 3.8) is 0 Å². The molecular formula is C22H24ClN3O2. The van der Waals surface area contributed by atoms with Crippen LogP contribution in [-0.2, 0) is 10.3 Å². The van der Waals surface area contributed by atoms with Gasteiger partial charge in [-0.25, -0.2) is 4.98 Å². The van der Waals surface area contributed by atoms with Crippen molar-refractivity contribution in [1.82, 2.24) is 9.55 Å². The van der Waals surface area contributed by atoms with Crippen LogP contribution in [0, 0.1) is 6.92 Å². The van der Waals surface area contributed by atoms with Crippen molar-refractivity contribution in [2.24, 2.45) is 0 Å². The van der Waals surface area contributed by atoms with E-state index in [0.717, 1.165) is 29.4 Å². The van der Waals surface area contributed by atoms with Gasteiger partial charge in [-0.1, -0.05) is 29.8 Å². The van der Waals surface area contributed by atoms with Crippen molar-refractivity contribution in [1.29, 1.82) is 0 Å². The number of anilines is 1. The van der Waals surface area contributed by atoms with Crippen LogP contribution in [0.15, 0.2) is 42.5 Å². The Hall–Kier alpha value is -2.37. The highest BCUT2D eigenvalue weighted by Gasteiger charge is 2.37. The quantitative estimate of drug-likeness (QED) is 0.639. The number of aromatic nitrogens is 2. The molecule has 1 atom stereocenters. The number of imidazole rings is 1. The van der Waals surface area contributed by atoms with Gasteiger partial charge >= 0.3 is 0 Å². The Labute approximate surface area is 169 Å². The van der Waals surface area contributed by atoms with Crippen molar-refractivity contribution in [2.45, 2.75) is 51.2 Å². The number of aliphatic hydroxyl groups is 1. The fourth-order valence-electron chi connectivity index (χ4n) is 3.88. The van der Waals surface area contributed by atoms with Gasteiger partial charge in [0.1, 0.15) is 0 Å². The average molecular weight is 398 g/mol. The highest BCUT2D eigenvalue weighted by molar-refractivity contribution is 6.30. The number of hydrogen-bond acceptors (Lipinski definition) is 3. The summed E-state index contributed by atoms with van der Waals surface area (Å²) in [5, 5.41) is 13.9. The summed E-state index contributed by atoms with van der Waals surface area (Å²) in [5.41, 5.74) is 3.69. The van der Waals surface area contributed by atoms with Crippen molar-refractivity contribution in [3.05, 3.63) is 58.6 Å². The maximum absolute atomic E-state index is 12.6. The fraction of sp³-hybridized carbons (Fsp3) is 0.364. The number of halogens is 1. The van der Waals surface area contributed by atoms with E-state index in [9.17, 15) is 9.90 Å². The molecule has 28 heavy (non-hydrogen) atoms. The summed E-state index contributed by atoms with van der Waals surface area (Å²) in [6.07, 6.45) is 2.35. The van der Waals surface area contributed by atoms with Crippen LogP contribution < -0.4 is 5.32 Å². The second-order valence-electron chi connectivity index (χ2n) is 7.93. The lowest BCUT2D eigenvalue weighted by Crippen LogP contribution is -2.38. The minimum atomic E-state index is -0.892. The molecule has 1 fully saturated rings. The zero-order valence-electron chi connectivity index (χ0n) is 16.1. The number of benzene rings is 2. The average Bonchev–Trinajstić information content (AvgIpc) is 2.97. The topological polar surface area (TPSA) is 67.2 Å². The molecule has 1 saturated carbocycles. The van der Waals surface area contributed by atoms with Gasteiger partial charge in [-0.3, -0.25) is 10.1 Å². The summed E-state index contributed by atoms with van der Waals surface area (Å²) < 4.78 is 2.16. The second kappa shape index (κ2) is 7.22. The first-order valence-electron chi connectivity index (χ1n) is 9.59. The SMILES string of the molecule is Cc1ccc2nc(NC(=O)C[C@H](O)c3ccc(Cl)cc3)n(C3(C)CCC3)c2c1. The molecule has 6 heteroatoms.